The summed E-state index contributed by atoms with van der Waals surface area (Å²) in [5, 5.41) is 0. The lowest BCUT2D eigenvalue weighted by molar-refractivity contribution is 0.0602. The van der Waals surface area contributed by atoms with Gasteiger partial charge in [-0.05, 0) is 32.4 Å². The fourth-order valence-corrected chi connectivity index (χ4v) is 1.98. The highest BCUT2D eigenvalue weighted by molar-refractivity contribution is 5.96. The van der Waals surface area contributed by atoms with Gasteiger partial charge in [-0.15, -0.1) is 0 Å². The molecule has 0 aromatic heterocycles. The summed E-state index contributed by atoms with van der Waals surface area (Å²) in [5.74, 6) is -0.980. The number of nitrogens with zero attached hydrogens (tertiary/aromatic N) is 1. The lowest BCUT2D eigenvalue weighted by Crippen LogP contribution is -2.32. The predicted molar refractivity (Wildman–Crippen MR) is 74.9 cm³/mol. The highest BCUT2D eigenvalue weighted by atomic mass is 19.1. The molecule has 0 saturated heterocycles. The number of hydrogen-bond donors (Lipinski definition) is 1. The first-order chi connectivity index (χ1) is 8.92. The van der Waals surface area contributed by atoms with E-state index in [1.807, 2.05) is 25.7 Å². The molecule has 4 nitrogen and oxygen atoms in total. The number of methoxy groups -OCH3 is 1. The summed E-state index contributed by atoms with van der Waals surface area (Å²) >= 11 is 0. The largest absolute Gasteiger partial charge is 0.465 e. The number of rotatable bonds is 5. The Kier molecular flexibility index (Phi) is 5.15. The van der Waals surface area contributed by atoms with Crippen LogP contribution in [0, 0.1) is 5.82 Å². The van der Waals surface area contributed by atoms with E-state index >= 15 is 0 Å². The van der Waals surface area contributed by atoms with Crippen molar-refractivity contribution in [3.05, 3.63) is 23.5 Å². The van der Waals surface area contributed by atoms with Crippen molar-refractivity contribution in [2.45, 2.75) is 33.2 Å². The number of ether oxygens (including phenoxy) is 1. The molecule has 19 heavy (non-hydrogen) atoms. The smallest absolute Gasteiger partial charge is 0.340 e. The molecule has 2 N–H and O–H groups in total. The Labute approximate surface area is 113 Å². The fourth-order valence-electron chi connectivity index (χ4n) is 1.98. The van der Waals surface area contributed by atoms with Gasteiger partial charge in [-0.2, -0.15) is 0 Å². The maximum Gasteiger partial charge on any atom is 0.340 e. The van der Waals surface area contributed by atoms with Crippen LogP contribution in [0.3, 0.4) is 0 Å². The standard InChI is InChI=1S/C14H21FN2O2/c1-5-6-17(9(2)3)13-7-10(14(18)19-4)12(16)8-11(13)15/h7-9H,5-6,16H2,1-4H3. The number of hydrogen-bond acceptors (Lipinski definition) is 4. The van der Waals surface area contributed by atoms with Gasteiger partial charge in [0.2, 0.25) is 0 Å². The van der Waals surface area contributed by atoms with Gasteiger partial charge in [-0.1, -0.05) is 6.92 Å². The Morgan fingerprint density at radius 2 is 2.11 bits per heavy atom. The molecule has 0 atom stereocenters. The van der Waals surface area contributed by atoms with Crippen molar-refractivity contribution in [3.63, 3.8) is 0 Å². The summed E-state index contributed by atoms with van der Waals surface area (Å²) in [6, 6.07) is 2.77. The van der Waals surface area contributed by atoms with Crippen molar-refractivity contribution >= 4 is 17.3 Å². The maximum absolute atomic E-state index is 14.1. The zero-order valence-electron chi connectivity index (χ0n) is 11.9. The van der Waals surface area contributed by atoms with Crippen molar-refractivity contribution in [1.82, 2.24) is 0 Å². The Morgan fingerprint density at radius 3 is 2.58 bits per heavy atom. The molecule has 1 aromatic carbocycles. The molecule has 0 spiro atoms. The van der Waals surface area contributed by atoms with Crippen LogP contribution in [0.5, 0.6) is 0 Å². The third-order valence-corrected chi connectivity index (χ3v) is 2.92. The molecular formula is C14H21FN2O2. The molecule has 0 aliphatic carbocycles. The predicted octanol–water partition coefficient (Wildman–Crippen LogP) is 2.82. The average molecular weight is 268 g/mol. The molecule has 1 rings (SSSR count). The Morgan fingerprint density at radius 1 is 1.47 bits per heavy atom. The van der Waals surface area contributed by atoms with Gasteiger partial charge >= 0.3 is 5.97 Å². The molecule has 5 heteroatoms. The number of carbonyl (C=O) groups is 1. The molecule has 0 saturated carbocycles. The zero-order chi connectivity index (χ0) is 14.6. The molecule has 0 fully saturated rings. The Balaban J connectivity index is 3.29. The number of nitrogens with two attached hydrogens (primary N) is 1. The lowest BCUT2D eigenvalue weighted by Gasteiger charge is -2.29. The van der Waals surface area contributed by atoms with Crippen LogP contribution in [0.4, 0.5) is 15.8 Å². The normalized spacial score (nSPS) is 10.6. The topological polar surface area (TPSA) is 55.6 Å². The number of esters is 1. The van der Waals surface area contributed by atoms with E-state index < -0.39 is 11.8 Å². The van der Waals surface area contributed by atoms with Gasteiger partial charge in [0, 0.05) is 18.3 Å². The van der Waals surface area contributed by atoms with Crippen molar-refractivity contribution in [2.75, 3.05) is 24.3 Å². The third-order valence-electron chi connectivity index (χ3n) is 2.92. The molecule has 106 valence electrons. The van der Waals surface area contributed by atoms with E-state index in [-0.39, 0.29) is 17.3 Å². The monoisotopic (exact) mass is 268 g/mol. The maximum atomic E-state index is 14.1. The van der Waals surface area contributed by atoms with E-state index in [1.54, 1.807) is 0 Å². The molecule has 0 heterocycles. The van der Waals surface area contributed by atoms with Crippen molar-refractivity contribution in [2.24, 2.45) is 0 Å². The highest BCUT2D eigenvalue weighted by Crippen LogP contribution is 2.27. The summed E-state index contributed by atoms with van der Waals surface area (Å²) in [6.07, 6.45) is 0.884. The van der Waals surface area contributed by atoms with E-state index in [0.717, 1.165) is 6.42 Å². The van der Waals surface area contributed by atoms with E-state index in [4.69, 9.17) is 5.73 Å². The average Bonchev–Trinajstić information content (AvgIpc) is 2.35. The molecule has 0 radical (unpaired) electrons. The van der Waals surface area contributed by atoms with Gasteiger partial charge in [0.25, 0.3) is 0 Å². The van der Waals surface area contributed by atoms with Gasteiger partial charge in [-0.25, -0.2) is 9.18 Å². The minimum atomic E-state index is -0.557. The molecule has 0 bridgehead atoms. The summed E-state index contributed by atoms with van der Waals surface area (Å²) in [7, 11) is 1.27. The minimum Gasteiger partial charge on any atom is -0.465 e. The van der Waals surface area contributed by atoms with Gasteiger partial charge in [0.15, 0.2) is 0 Å². The SMILES string of the molecule is CCCN(c1cc(C(=O)OC)c(N)cc1F)C(C)C. The van der Waals surface area contributed by atoms with Crippen LogP contribution in [0.25, 0.3) is 0 Å². The summed E-state index contributed by atoms with van der Waals surface area (Å²) in [6.45, 7) is 6.68. The van der Waals surface area contributed by atoms with Crippen LogP contribution in [0.1, 0.15) is 37.6 Å². The third kappa shape index (κ3) is 3.36. The summed E-state index contributed by atoms with van der Waals surface area (Å²) < 4.78 is 18.7. The number of anilines is 2. The van der Waals surface area contributed by atoms with Crippen LogP contribution >= 0.6 is 0 Å². The first-order valence-corrected chi connectivity index (χ1v) is 6.36. The van der Waals surface area contributed by atoms with Crippen LogP contribution in [0.15, 0.2) is 12.1 Å². The molecule has 0 aliphatic rings. The number of carbonyl (C=O) groups excluding carboxylic acids is 1. The highest BCUT2D eigenvalue weighted by Gasteiger charge is 2.19. The van der Waals surface area contributed by atoms with E-state index in [9.17, 15) is 9.18 Å². The number of nitrogen functional groups attached to an aromatic ring is 1. The van der Waals surface area contributed by atoms with Crippen LogP contribution in [0.2, 0.25) is 0 Å². The van der Waals surface area contributed by atoms with Gasteiger partial charge in [-0.3, -0.25) is 0 Å². The first-order valence-electron chi connectivity index (χ1n) is 6.36. The van der Waals surface area contributed by atoms with Crippen molar-refractivity contribution < 1.29 is 13.9 Å². The second-order valence-electron chi connectivity index (χ2n) is 4.67. The lowest BCUT2D eigenvalue weighted by atomic mass is 10.1. The minimum absolute atomic E-state index is 0.0910. The van der Waals surface area contributed by atoms with Gasteiger partial charge in [0.1, 0.15) is 5.82 Å². The van der Waals surface area contributed by atoms with E-state index in [1.165, 1.54) is 19.2 Å². The van der Waals surface area contributed by atoms with Crippen molar-refractivity contribution in [3.8, 4) is 0 Å². The summed E-state index contributed by atoms with van der Waals surface area (Å²) in [4.78, 5) is 13.5. The molecule has 0 unspecified atom stereocenters. The van der Waals surface area contributed by atoms with Crippen molar-refractivity contribution in [1.29, 1.82) is 0 Å². The molecule has 0 aliphatic heterocycles. The molecular weight excluding hydrogens is 247 g/mol. The van der Waals surface area contributed by atoms with E-state index in [0.29, 0.717) is 12.2 Å². The zero-order valence-corrected chi connectivity index (χ0v) is 11.9. The Hall–Kier alpha value is -1.78. The molecule has 1 aromatic rings. The first kappa shape index (κ1) is 15.3. The van der Waals surface area contributed by atoms with Crippen LogP contribution < -0.4 is 10.6 Å². The molecule has 0 amide bonds. The summed E-state index contributed by atoms with van der Waals surface area (Å²) in [5.41, 5.74) is 6.32. The van der Waals surface area contributed by atoms with Crippen LogP contribution in [-0.2, 0) is 4.74 Å². The fraction of sp³-hybridized carbons (Fsp3) is 0.500. The quantitative estimate of drug-likeness (QED) is 0.659. The van der Waals surface area contributed by atoms with Gasteiger partial charge in [0.05, 0.1) is 18.4 Å². The Bertz CT molecular complexity index is 461. The van der Waals surface area contributed by atoms with Crippen LogP contribution in [-0.4, -0.2) is 25.7 Å². The second-order valence-corrected chi connectivity index (χ2v) is 4.67. The van der Waals surface area contributed by atoms with E-state index in [2.05, 4.69) is 4.74 Å². The number of halogens is 1. The van der Waals surface area contributed by atoms with Gasteiger partial charge < -0.3 is 15.4 Å². The second kappa shape index (κ2) is 6.41. The number of benzene rings is 1.